The summed E-state index contributed by atoms with van der Waals surface area (Å²) in [5.74, 6) is 0. The number of anilines is 1. The molecule has 0 aliphatic heterocycles. The third kappa shape index (κ3) is 3.37. The summed E-state index contributed by atoms with van der Waals surface area (Å²) < 4.78 is 2.40. The Labute approximate surface area is 153 Å². The molecular weight excluding hydrogens is 358 g/mol. The molecule has 0 bridgehead atoms. The van der Waals surface area contributed by atoms with Crippen molar-refractivity contribution < 1.29 is 10.2 Å². The SMILES string of the molecule is O=c1c2ccc(NCCO)cc2n(CCO)c(=O)n1-c1cccc(Cl)c1. The smallest absolute Gasteiger partial charge is 0.336 e. The Bertz CT molecular complexity index is 1060. The van der Waals surface area contributed by atoms with Crippen LogP contribution in [0.15, 0.2) is 52.1 Å². The Morgan fingerprint density at radius 3 is 2.54 bits per heavy atom. The molecule has 0 atom stereocenters. The maximum atomic E-state index is 12.9. The molecule has 0 saturated heterocycles. The van der Waals surface area contributed by atoms with Crippen molar-refractivity contribution in [2.24, 2.45) is 0 Å². The van der Waals surface area contributed by atoms with E-state index in [0.29, 0.717) is 33.8 Å². The largest absolute Gasteiger partial charge is 0.395 e. The lowest BCUT2D eigenvalue weighted by Crippen LogP contribution is -2.39. The zero-order valence-corrected chi connectivity index (χ0v) is 14.6. The number of benzene rings is 2. The van der Waals surface area contributed by atoms with Gasteiger partial charge in [-0.15, -0.1) is 0 Å². The average molecular weight is 376 g/mol. The van der Waals surface area contributed by atoms with Gasteiger partial charge in [0.2, 0.25) is 0 Å². The van der Waals surface area contributed by atoms with E-state index in [-0.39, 0.29) is 19.8 Å². The topological polar surface area (TPSA) is 96.5 Å². The Morgan fingerprint density at radius 2 is 1.85 bits per heavy atom. The molecule has 0 aliphatic rings. The van der Waals surface area contributed by atoms with Gasteiger partial charge in [0.25, 0.3) is 5.56 Å². The number of rotatable bonds is 6. The summed E-state index contributed by atoms with van der Waals surface area (Å²) in [6.45, 7) is 0.0872. The van der Waals surface area contributed by atoms with Gasteiger partial charge in [0.15, 0.2) is 0 Å². The molecule has 2 aromatic carbocycles. The number of aliphatic hydroxyl groups excluding tert-OH is 2. The quantitative estimate of drug-likeness (QED) is 0.601. The lowest BCUT2D eigenvalue weighted by molar-refractivity contribution is 0.275. The number of fused-ring (bicyclic) bond motifs is 1. The van der Waals surface area contributed by atoms with E-state index < -0.39 is 11.2 Å². The lowest BCUT2D eigenvalue weighted by Gasteiger charge is -2.15. The van der Waals surface area contributed by atoms with Gasteiger partial charge in [-0.05, 0) is 36.4 Å². The van der Waals surface area contributed by atoms with E-state index in [0.717, 1.165) is 4.57 Å². The first kappa shape index (κ1) is 18.2. The predicted molar refractivity (Wildman–Crippen MR) is 101 cm³/mol. The van der Waals surface area contributed by atoms with Crippen LogP contribution >= 0.6 is 11.6 Å². The van der Waals surface area contributed by atoms with Crippen molar-refractivity contribution in [1.82, 2.24) is 9.13 Å². The second-order valence-electron chi connectivity index (χ2n) is 5.66. The second-order valence-corrected chi connectivity index (χ2v) is 6.10. The molecule has 0 unspecified atom stereocenters. The van der Waals surface area contributed by atoms with Gasteiger partial charge >= 0.3 is 5.69 Å². The number of halogens is 1. The standard InChI is InChI=1S/C18H18ClN3O4/c19-12-2-1-3-14(10-12)22-17(25)15-5-4-13(20-6-8-23)11-16(15)21(7-9-24)18(22)26/h1-5,10-11,20,23-24H,6-9H2. The van der Waals surface area contributed by atoms with Gasteiger partial charge in [-0.3, -0.25) is 9.36 Å². The number of hydrogen-bond donors (Lipinski definition) is 3. The van der Waals surface area contributed by atoms with Crippen LogP contribution < -0.4 is 16.6 Å². The lowest BCUT2D eigenvalue weighted by atomic mass is 10.2. The van der Waals surface area contributed by atoms with Crippen molar-refractivity contribution in [3.05, 3.63) is 68.3 Å². The molecule has 0 saturated carbocycles. The summed E-state index contributed by atoms with van der Waals surface area (Å²) in [5.41, 5.74) is 0.421. The highest BCUT2D eigenvalue weighted by atomic mass is 35.5. The summed E-state index contributed by atoms with van der Waals surface area (Å²) in [7, 11) is 0. The monoisotopic (exact) mass is 375 g/mol. The maximum absolute atomic E-state index is 12.9. The van der Waals surface area contributed by atoms with E-state index in [1.165, 1.54) is 10.6 Å². The number of nitrogens with zero attached hydrogens (tertiary/aromatic N) is 2. The fraction of sp³-hybridized carbons (Fsp3) is 0.222. The molecule has 3 N–H and O–H groups in total. The van der Waals surface area contributed by atoms with Crippen molar-refractivity contribution in [2.45, 2.75) is 6.54 Å². The molecule has 3 rings (SSSR count). The third-order valence-corrected chi connectivity index (χ3v) is 4.21. The first-order valence-corrected chi connectivity index (χ1v) is 8.45. The molecule has 8 heteroatoms. The van der Waals surface area contributed by atoms with Crippen LogP contribution in [0.3, 0.4) is 0 Å². The molecule has 136 valence electrons. The minimum atomic E-state index is -0.557. The molecule has 0 radical (unpaired) electrons. The highest BCUT2D eigenvalue weighted by Crippen LogP contribution is 2.17. The average Bonchev–Trinajstić information content (AvgIpc) is 2.63. The normalized spacial score (nSPS) is 11.0. The molecule has 3 aromatic rings. The van der Waals surface area contributed by atoms with E-state index in [9.17, 15) is 14.7 Å². The Morgan fingerprint density at radius 1 is 1.04 bits per heavy atom. The van der Waals surface area contributed by atoms with E-state index in [1.807, 2.05) is 0 Å². The van der Waals surface area contributed by atoms with Crippen LogP contribution in [0, 0.1) is 0 Å². The number of aliphatic hydroxyl groups is 2. The van der Waals surface area contributed by atoms with Crippen LogP contribution in [0.2, 0.25) is 5.02 Å². The first-order chi connectivity index (χ1) is 12.6. The van der Waals surface area contributed by atoms with Gasteiger partial charge in [0, 0.05) is 17.3 Å². The molecule has 0 spiro atoms. The van der Waals surface area contributed by atoms with Gasteiger partial charge < -0.3 is 15.5 Å². The zero-order valence-electron chi connectivity index (χ0n) is 13.9. The highest BCUT2D eigenvalue weighted by Gasteiger charge is 2.15. The first-order valence-electron chi connectivity index (χ1n) is 8.08. The van der Waals surface area contributed by atoms with Gasteiger partial charge in [0.05, 0.1) is 36.3 Å². The van der Waals surface area contributed by atoms with Crippen LogP contribution in [0.1, 0.15) is 0 Å². The van der Waals surface area contributed by atoms with Gasteiger partial charge in [0.1, 0.15) is 0 Å². The second kappa shape index (κ2) is 7.74. The van der Waals surface area contributed by atoms with Crippen molar-refractivity contribution in [2.75, 3.05) is 25.1 Å². The Balaban J connectivity index is 2.31. The fourth-order valence-electron chi connectivity index (χ4n) is 2.84. The van der Waals surface area contributed by atoms with Crippen molar-refractivity contribution >= 4 is 28.2 Å². The van der Waals surface area contributed by atoms with Crippen LogP contribution in [-0.4, -0.2) is 39.1 Å². The fourth-order valence-corrected chi connectivity index (χ4v) is 3.02. The van der Waals surface area contributed by atoms with Gasteiger partial charge in [-0.2, -0.15) is 0 Å². The molecule has 0 aliphatic carbocycles. The Kier molecular flexibility index (Phi) is 5.41. The van der Waals surface area contributed by atoms with E-state index in [2.05, 4.69) is 5.32 Å². The van der Waals surface area contributed by atoms with Gasteiger partial charge in [-0.25, -0.2) is 9.36 Å². The summed E-state index contributed by atoms with van der Waals surface area (Å²) in [5, 5.41) is 22.1. The molecular formula is C18H18ClN3O4. The maximum Gasteiger partial charge on any atom is 0.336 e. The highest BCUT2D eigenvalue weighted by molar-refractivity contribution is 6.30. The molecule has 1 aromatic heterocycles. The van der Waals surface area contributed by atoms with Gasteiger partial charge in [-0.1, -0.05) is 17.7 Å². The molecule has 0 amide bonds. The van der Waals surface area contributed by atoms with E-state index >= 15 is 0 Å². The summed E-state index contributed by atoms with van der Waals surface area (Å²) in [4.78, 5) is 25.9. The minimum Gasteiger partial charge on any atom is -0.395 e. The van der Waals surface area contributed by atoms with Crippen LogP contribution in [0.25, 0.3) is 16.6 Å². The zero-order chi connectivity index (χ0) is 18.7. The molecule has 0 fully saturated rings. The summed E-state index contributed by atoms with van der Waals surface area (Å²) >= 11 is 5.99. The molecule has 26 heavy (non-hydrogen) atoms. The predicted octanol–water partition coefficient (Wildman–Crippen LogP) is 1.20. The summed E-state index contributed by atoms with van der Waals surface area (Å²) in [6, 6.07) is 11.5. The molecule has 7 nitrogen and oxygen atoms in total. The number of nitrogens with one attached hydrogen (secondary N) is 1. The van der Waals surface area contributed by atoms with Crippen molar-refractivity contribution in [1.29, 1.82) is 0 Å². The minimum absolute atomic E-state index is 0.0413. The number of hydrogen-bond acceptors (Lipinski definition) is 5. The van der Waals surface area contributed by atoms with Crippen LogP contribution in [0.5, 0.6) is 0 Å². The van der Waals surface area contributed by atoms with E-state index in [4.69, 9.17) is 16.7 Å². The summed E-state index contributed by atoms with van der Waals surface area (Å²) in [6.07, 6.45) is 0. The third-order valence-electron chi connectivity index (χ3n) is 3.98. The van der Waals surface area contributed by atoms with Crippen LogP contribution in [-0.2, 0) is 6.54 Å². The van der Waals surface area contributed by atoms with Crippen molar-refractivity contribution in [3.63, 3.8) is 0 Å². The van der Waals surface area contributed by atoms with E-state index in [1.54, 1.807) is 36.4 Å². The molecule has 1 heterocycles. The Hall–Kier alpha value is -2.61. The van der Waals surface area contributed by atoms with Crippen LogP contribution in [0.4, 0.5) is 5.69 Å². The van der Waals surface area contributed by atoms with Crippen molar-refractivity contribution in [3.8, 4) is 5.69 Å². The number of aromatic nitrogens is 2.